The summed E-state index contributed by atoms with van der Waals surface area (Å²) in [5, 5.41) is 14.1. The van der Waals surface area contributed by atoms with Gasteiger partial charge in [0.15, 0.2) is 5.65 Å². The van der Waals surface area contributed by atoms with E-state index in [9.17, 15) is 14.7 Å². The van der Waals surface area contributed by atoms with E-state index in [0.717, 1.165) is 37.4 Å². The third-order valence-corrected chi connectivity index (χ3v) is 8.80. The van der Waals surface area contributed by atoms with Crippen LogP contribution in [0.25, 0.3) is 11.2 Å². The number of amides is 2. The standard InChI is InChI=1S/C29H28ClN7O3S/c1-29(31)12-14-36(15-13-29)28-33-19-10-11-22(34-25(19)35-28)41-21-9-5-8-18(24(21)30)32-26(39)23-20(38)16-37(27(23)40)17-6-3-2-4-7-17/h2-11,38H,12-16,31H2,1H3,(H,32,39)(H,33,34,35). The van der Waals surface area contributed by atoms with E-state index in [1.54, 1.807) is 36.4 Å². The van der Waals surface area contributed by atoms with Crippen molar-refractivity contribution < 1.29 is 14.7 Å². The molecule has 2 aromatic heterocycles. The normalized spacial score (nSPS) is 17.0. The van der Waals surface area contributed by atoms with Crippen molar-refractivity contribution in [2.45, 2.75) is 35.2 Å². The maximum absolute atomic E-state index is 13.1. The first kappa shape index (κ1) is 27.1. The van der Waals surface area contributed by atoms with E-state index in [2.05, 4.69) is 22.1 Å². The van der Waals surface area contributed by atoms with Gasteiger partial charge in [0, 0.05) is 29.2 Å². The molecule has 2 aliphatic rings. The Balaban J connectivity index is 1.17. The number of para-hydroxylation sites is 1. The minimum atomic E-state index is -0.729. The van der Waals surface area contributed by atoms with Gasteiger partial charge in [-0.05, 0) is 56.2 Å². The Hall–Kier alpha value is -4.06. The lowest BCUT2D eigenvalue weighted by molar-refractivity contribution is -0.119. The molecular formula is C29H28ClN7O3S. The highest BCUT2D eigenvalue weighted by molar-refractivity contribution is 7.99. The van der Waals surface area contributed by atoms with Gasteiger partial charge in [-0.2, -0.15) is 0 Å². The van der Waals surface area contributed by atoms with Crippen molar-refractivity contribution in [2.75, 3.05) is 34.8 Å². The summed E-state index contributed by atoms with van der Waals surface area (Å²) >= 11 is 8.02. The van der Waals surface area contributed by atoms with Gasteiger partial charge in [-0.25, -0.2) is 9.97 Å². The molecule has 2 aliphatic heterocycles. The van der Waals surface area contributed by atoms with Crippen LogP contribution in [0.4, 0.5) is 17.3 Å². The van der Waals surface area contributed by atoms with E-state index in [0.29, 0.717) is 32.0 Å². The zero-order valence-corrected chi connectivity index (χ0v) is 23.8. The molecule has 12 heteroatoms. The monoisotopic (exact) mass is 589 g/mol. The Labute approximate surface area is 245 Å². The summed E-state index contributed by atoms with van der Waals surface area (Å²) in [4.78, 5) is 43.0. The number of nitrogens with zero attached hydrogens (tertiary/aromatic N) is 4. The number of nitrogens with one attached hydrogen (secondary N) is 2. The largest absolute Gasteiger partial charge is 0.509 e. The number of benzene rings is 2. The van der Waals surface area contributed by atoms with Gasteiger partial charge < -0.3 is 30.9 Å². The number of nitrogens with two attached hydrogens (primary N) is 1. The van der Waals surface area contributed by atoms with Crippen LogP contribution < -0.4 is 20.9 Å². The molecule has 0 atom stereocenters. The molecular weight excluding hydrogens is 562 g/mol. The zero-order valence-electron chi connectivity index (χ0n) is 22.2. The van der Waals surface area contributed by atoms with Crippen LogP contribution in [0.5, 0.6) is 0 Å². The average Bonchev–Trinajstić information content (AvgIpc) is 3.51. The highest BCUT2D eigenvalue weighted by Gasteiger charge is 2.36. The lowest BCUT2D eigenvalue weighted by atomic mass is 9.91. The third-order valence-electron chi connectivity index (χ3n) is 7.29. The maximum Gasteiger partial charge on any atom is 0.267 e. The van der Waals surface area contributed by atoms with E-state index in [-0.39, 0.29) is 23.4 Å². The number of imidazole rings is 1. The topological polar surface area (TPSA) is 140 Å². The first-order valence-electron chi connectivity index (χ1n) is 13.2. The number of rotatable bonds is 6. The maximum atomic E-state index is 13.1. The van der Waals surface area contributed by atoms with E-state index in [1.165, 1.54) is 16.7 Å². The second-order valence-electron chi connectivity index (χ2n) is 10.4. The van der Waals surface area contributed by atoms with Gasteiger partial charge >= 0.3 is 0 Å². The molecule has 4 heterocycles. The molecule has 0 saturated carbocycles. The number of piperidine rings is 1. The van der Waals surface area contributed by atoms with Crippen LogP contribution in [0.2, 0.25) is 5.02 Å². The van der Waals surface area contributed by atoms with Crippen LogP contribution >= 0.6 is 23.4 Å². The fourth-order valence-electron chi connectivity index (χ4n) is 4.89. The minimum absolute atomic E-state index is 0.0805. The van der Waals surface area contributed by atoms with E-state index in [1.807, 2.05) is 24.3 Å². The van der Waals surface area contributed by atoms with Crippen LogP contribution in [-0.4, -0.2) is 57.0 Å². The fraction of sp³-hybridized carbons (Fsp3) is 0.241. The molecule has 5 N–H and O–H groups in total. The van der Waals surface area contributed by atoms with Crippen molar-refractivity contribution in [1.29, 1.82) is 0 Å². The Morgan fingerprint density at radius 3 is 2.61 bits per heavy atom. The van der Waals surface area contributed by atoms with Crippen LogP contribution in [0.3, 0.4) is 0 Å². The molecule has 10 nitrogen and oxygen atoms in total. The SMILES string of the molecule is CC1(N)CCN(c2nc3ccc(Sc4cccc(NC(=O)C5=C(O)CN(c6ccccc6)C5=O)c4Cl)nc3[nH]2)CC1. The molecule has 1 saturated heterocycles. The smallest absolute Gasteiger partial charge is 0.267 e. The van der Waals surface area contributed by atoms with Crippen LogP contribution in [0.15, 0.2) is 81.9 Å². The minimum Gasteiger partial charge on any atom is -0.509 e. The number of carbonyl (C=O) groups excluding carboxylic acids is 2. The Bertz CT molecular complexity index is 1680. The van der Waals surface area contributed by atoms with Crippen molar-refractivity contribution in [3.05, 3.63) is 77.0 Å². The molecule has 0 bridgehead atoms. The van der Waals surface area contributed by atoms with E-state index in [4.69, 9.17) is 27.3 Å². The van der Waals surface area contributed by atoms with Gasteiger partial charge in [0.2, 0.25) is 5.95 Å². The summed E-state index contributed by atoms with van der Waals surface area (Å²) in [7, 11) is 0. The zero-order chi connectivity index (χ0) is 28.7. The molecule has 0 radical (unpaired) electrons. The van der Waals surface area contributed by atoms with Crippen LogP contribution in [-0.2, 0) is 9.59 Å². The summed E-state index contributed by atoms with van der Waals surface area (Å²) < 4.78 is 0. The first-order chi connectivity index (χ1) is 19.7. The van der Waals surface area contributed by atoms with Gasteiger partial charge in [-0.3, -0.25) is 9.59 Å². The number of aliphatic hydroxyl groups excluding tert-OH is 1. The number of aliphatic hydroxyl groups is 1. The van der Waals surface area contributed by atoms with Crippen molar-refractivity contribution in [2.24, 2.45) is 5.73 Å². The average molecular weight is 590 g/mol. The number of pyridine rings is 1. The van der Waals surface area contributed by atoms with Gasteiger partial charge in [0.25, 0.3) is 11.8 Å². The molecule has 0 spiro atoms. The van der Waals surface area contributed by atoms with Crippen LogP contribution in [0, 0.1) is 0 Å². The highest BCUT2D eigenvalue weighted by atomic mass is 35.5. The second-order valence-corrected chi connectivity index (χ2v) is 11.9. The van der Waals surface area contributed by atoms with Crippen molar-refractivity contribution in [3.63, 3.8) is 0 Å². The van der Waals surface area contributed by atoms with Crippen molar-refractivity contribution in [3.8, 4) is 0 Å². The number of carbonyl (C=O) groups is 2. The Morgan fingerprint density at radius 1 is 1.10 bits per heavy atom. The van der Waals surface area contributed by atoms with Gasteiger partial charge in [-0.1, -0.05) is 47.6 Å². The number of fused-ring (bicyclic) bond motifs is 1. The number of aromatic amines is 1. The van der Waals surface area contributed by atoms with Crippen molar-refractivity contribution >= 4 is 63.7 Å². The molecule has 0 aliphatic carbocycles. The highest BCUT2D eigenvalue weighted by Crippen LogP contribution is 2.38. The number of hydrogen-bond donors (Lipinski definition) is 4. The third kappa shape index (κ3) is 5.48. The molecule has 41 heavy (non-hydrogen) atoms. The first-order valence-corrected chi connectivity index (χ1v) is 14.4. The lowest BCUT2D eigenvalue weighted by Gasteiger charge is -2.36. The number of H-pyrrole nitrogens is 1. The molecule has 2 aromatic carbocycles. The second kappa shape index (κ2) is 10.7. The predicted molar refractivity (Wildman–Crippen MR) is 161 cm³/mol. The summed E-state index contributed by atoms with van der Waals surface area (Å²) in [5.74, 6) is -0.827. The molecule has 1 fully saturated rings. The molecule has 210 valence electrons. The van der Waals surface area contributed by atoms with E-state index >= 15 is 0 Å². The van der Waals surface area contributed by atoms with Gasteiger partial charge in [-0.15, -0.1) is 0 Å². The summed E-state index contributed by atoms with van der Waals surface area (Å²) in [6.45, 7) is 3.65. The summed E-state index contributed by atoms with van der Waals surface area (Å²) in [6, 6.07) is 17.8. The summed E-state index contributed by atoms with van der Waals surface area (Å²) in [6.07, 6.45) is 1.78. The molecule has 0 unspecified atom stereocenters. The fourth-order valence-corrected chi connectivity index (χ4v) is 6.02. The lowest BCUT2D eigenvalue weighted by Crippen LogP contribution is -2.48. The molecule has 2 amide bonds. The van der Waals surface area contributed by atoms with Crippen molar-refractivity contribution in [1.82, 2.24) is 15.0 Å². The van der Waals surface area contributed by atoms with Gasteiger partial charge in [0.05, 0.1) is 17.3 Å². The van der Waals surface area contributed by atoms with E-state index < -0.39 is 11.8 Å². The number of anilines is 3. The predicted octanol–water partition coefficient (Wildman–Crippen LogP) is 4.88. The molecule has 6 rings (SSSR count). The van der Waals surface area contributed by atoms with Gasteiger partial charge in [0.1, 0.15) is 21.9 Å². The quantitative estimate of drug-likeness (QED) is 0.233. The van der Waals surface area contributed by atoms with Crippen LogP contribution in [0.1, 0.15) is 19.8 Å². The summed E-state index contributed by atoms with van der Waals surface area (Å²) in [5.41, 5.74) is 8.14. The Kier molecular flexibility index (Phi) is 7.10. The number of halogens is 1. The number of aromatic nitrogens is 3. The molecule has 4 aromatic rings. The Morgan fingerprint density at radius 2 is 1.85 bits per heavy atom. The number of hydrogen-bond acceptors (Lipinski definition) is 8.